The van der Waals surface area contributed by atoms with Crippen molar-refractivity contribution in [3.05, 3.63) is 66.2 Å². The summed E-state index contributed by atoms with van der Waals surface area (Å²) in [6, 6.07) is 9.26. The molecule has 140 valence electrons. The molecule has 0 saturated heterocycles. The van der Waals surface area contributed by atoms with Gasteiger partial charge in [-0.05, 0) is 41.6 Å². The molecular formula is C17H14F3N5OS. The van der Waals surface area contributed by atoms with Crippen LogP contribution in [0.15, 0.2) is 59.9 Å². The van der Waals surface area contributed by atoms with E-state index in [9.17, 15) is 18.0 Å². The number of carbonyl (C=O) groups excluding carboxylic acids is 1. The molecule has 0 aliphatic heterocycles. The standard InChI is InChI=1S/C17H14F3N5OS/c18-17(19,20)27-15-3-1-12(2-4-15)9-16(26)22-10-13-11-25(24-23-13)14-5-7-21-8-6-14/h1-8,11H,9-10H2,(H,22,26). The summed E-state index contributed by atoms with van der Waals surface area (Å²) in [6.45, 7) is 0.200. The van der Waals surface area contributed by atoms with Crippen molar-refractivity contribution in [1.29, 1.82) is 0 Å². The molecule has 0 aliphatic rings. The number of amides is 1. The molecule has 1 aromatic carbocycles. The fourth-order valence-corrected chi connectivity index (χ4v) is 2.79. The highest BCUT2D eigenvalue weighted by Gasteiger charge is 2.29. The quantitative estimate of drug-likeness (QED) is 0.652. The number of nitrogens with one attached hydrogen (secondary N) is 1. The third-order valence-corrected chi connectivity index (χ3v) is 4.20. The second kappa shape index (κ2) is 8.21. The normalized spacial score (nSPS) is 11.4. The van der Waals surface area contributed by atoms with E-state index in [1.165, 1.54) is 24.3 Å². The molecule has 2 heterocycles. The molecule has 1 amide bonds. The summed E-state index contributed by atoms with van der Waals surface area (Å²) < 4.78 is 38.5. The number of hydrogen-bond acceptors (Lipinski definition) is 5. The first kappa shape index (κ1) is 18.9. The molecule has 0 atom stereocenters. The summed E-state index contributed by atoms with van der Waals surface area (Å²) in [4.78, 5) is 16.0. The van der Waals surface area contributed by atoms with Crippen LogP contribution < -0.4 is 5.32 Å². The zero-order valence-corrected chi connectivity index (χ0v) is 14.7. The minimum Gasteiger partial charge on any atom is -0.350 e. The molecule has 0 saturated carbocycles. The van der Waals surface area contributed by atoms with E-state index in [4.69, 9.17) is 0 Å². The summed E-state index contributed by atoms with van der Waals surface area (Å²) >= 11 is -0.186. The van der Waals surface area contributed by atoms with Gasteiger partial charge in [-0.25, -0.2) is 4.68 Å². The van der Waals surface area contributed by atoms with Crippen LogP contribution in [0.3, 0.4) is 0 Å². The molecule has 0 fully saturated rings. The number of thioether (sulfide) groups is 1. The average Bonchev–Trinajstić information content (AvgIpc) is 3.10. The minimum absolute atomic E-state index is 0.0649. The number of alkyl halides is 3. The van der Waals surface area contributed by atoms with Crippen LogP contribution in [0.4, 0.5) is 13.2 Å². The van der Waals surface area contributed by atoms with Gasteiger partial charge in [0, 0.05) is 17.3 Å². The highest BCUT2D eigenvalue weighted by atomic mass is 32.2. The van der Waals surface area contributed by atoms with Gasteiger partial charge in [0.2, 0.25) is 5.91 Å². The SMILES string of the molecule is O=C(Cc1ccc(SC(F)(F)F)cc1)NCc1cn(-c2ccncc2)nn1. The lowest BCUT2D eigenvalue weighted by Gasteiger charge is -2.07. The largest absolute Gasteiger partial charge is 0.446 e. The molecule has 10 heteroatoms. The van der Waals surface area contributed by atoms with Gasteiger partial charge in [0.05, 0.1) is 24.8 Å². The number of carbonyl (C=O) groups is 1. The Morgan fingerprint density at radius 2 is 1.81 bits per heavy atom. The highest BCUT2D eigenvalue weighted by molar-refractivity contribution is 8.00. The molecule has 1 N–H and O–H groups in total. The van der Waals surface area contributed by atoms with Gasteiger partial charge in [-0.1, -0.05) is 17.3 Å². The van der Waals surface area contributed by atoms with Gasteiger partial charge in [0.1, 0.15) is 5.69 Å². The van der Waals surface area contributed by atoms with Crippen molar-refractivity contribution < 1.29 is 18.0 Å². The molecule has 0 radical (unpaired) electrons. The Labute approximate surface area is 156 Å². The van der Waals surface area contributed by atoms with Crippen LogP contribution in [0.5, 0.6) is 0 Å². The Morgan fingerprint density at radius 3 is 2.48 bits per heavy atom. The minimum atomic E-state index is -4.33. The second-order valence-corrected chi connectivity index (χ2v) is 6.64. The Kier molecular flexibility index (Phi) is 5.75. The van der Waals surface area contributed by atoms with Crippen molar-refractivity contribution in [2.24, 2.45) is 0 Å². The number of benzene rings is 1. The summed E-state index contributed by atoms with van der Waals surface area (Å²) in [5.74, 6) is -0.260. The second-order valence-electron chi connectivity index (χ2n) is 5.51. The van der Waals surface area contributed by atoms with E-state index in [-0.39, 0.29) is 35.5 Å². The smallest absolute Gasteiger partial charge is 0.350 e. The fourth-order valence-electron chi connectivity index (χ4n) is 2.25. The van der Waals surface area contributed by atoms with Crippen molar-refractivity contribution in [3.8, 4) is 5.69 Å². The van der Waals surface area contributed by atoms with Crippen LogP contribution in [-0.4, -0.2) is 31.4 Å². The first-order valence-electron chi connectivity index (χ1n) is 7.82. The van der Waals surface area contributed by atoms with Crippen LogP contribution in [0.25, 0.3) is 5.69 Å². The predicted molar refractivity (Wildman–Crippen MR) is 93.1 cm³/mol. The number of nitrogens with zero attached hydrogens (tertiary/aromatic N) is 4. The van der Waals surface area contributed by atoms with Gasteiger partial charge in [-0.3, -0.25) is 9.78 Å². The zero-order chi connectivity index (χ0) is 19.3. The number of aromatic nitrogens is 4. The summed E-state index contributed by atoms with van der Waals surface area (Å²) in [5, 5.41) is 10.7. The van der Waals surface area contributed by atoms with Crippen molar-refractivity contribution in [1.82, 2.24) is 25.3 Å². The molecule has 0 unspecified atom stereocenters. The van der Waals surface area contributed by atoms with E-state index >= 15 is 0 Å². The van der Waals surface area contributed by atoms with Crippen LogP contribution in [0, 0.1) is 0 Å². The lowest BCUT2D eigenvalue weighted by Crippen LogP contribution is -2.24. The van der Waals surface area contributed by atoms with Crippen molar-refractivity contribution in [2.45, 2.75) is 23.4 Å². The molecular weight excluding hydrogens is 379 g/mol. The first-order chi connectivity index (χ1) is 12.9. The third-order valence-electron chi connectivity index (χ3n) is 3.46. The topological polar surface area (TPSA) is 72.7 Å². The number of pyridine rings is 1. The van der Waals surface area contributed by atoms with Gasteiger partial charge < -0.3 is 5.32 Å². The van der Waals surface area contributed by atoms with Gasteiger partial charge in [0.15, 0.2) is 0 Å². The predicted octanol–water partition coefficient (Wildman–Crippen LogP) is 3.13. The van der Waals surface area contributed by atoms with Gasteiger partial charge >= 0.3 is 5.51 Å². The molecule has 0 bridgehead atoms. The maximum Gasteiger partial charge on any atom is 0.446 e. The van der Waals surface area contributed by atoms with Gasteiger partial charge in [0.25, 0.3) is 0 Å². The van der Waals surface area contributed by atoms with E-state index in [0.717, 1.165) is 5.69 Å². The van der Waals surface area contributed by atoms with E-state index < -0.39 is 5.51 Å². The lowest BCUT2D eigenvalue weighted by molar-refractivity contribution is -0.120. The van der Waals surface area contributed by atoms with Crippen LogP contribution >= 0.6 is 11.8 Å². The molecule has 27 heavy (non-hydrogen) atoms. The van der Waals surface area contributed by atoms with Crippen LogP contribution in [-0.2, 0) is 17.8 Å². The van der Waals surface area contributed by atoms with Crippen molar-refractivity contribution >= 4 is 17.7 Å². The van der Waals surface area contributed by atoms with Crippen molar-refractivity contribution in [3.63, 3.8) is 0 Å². The number of halogens is 3. The Balaban J connectivity index is 1.51. The van der Waals surface area contributed by atoms with Gasteiger partial charge in [-0.15, -0.1) is 5.10 Å². The third kappa shape index (κ3) is 5.81. The Morgan fingerprint density at radius 1 is 1.11 bits per heavy atom. The maximum atomic E-state index is 12.3. The van der Waals surface area contributed by atoms with Crippen LogP contribution in [0.2, 0.25) is 0 Å². The highest BCUT2D eigenvalue weighted by Crippen LogP contribution is 2.36. The molecule has 0 aliphatic carbocycles. The van der Waals surface area contributed by atoms with E-state index in [2.05, 4.69) is 20.6 Å². The van der Waals surface area contributed by atoms with E-state index in [0.29, 0.717) is 11.3 Å². The van der Waals surface area contributed by atoms with Gasteiger partial charge in [-0.2, -0.15) is 13.2 Å². The Hall–Kier alpha value is -2.88. The monoisotopic (exact) mass is 393 g/mol. The fraction of sp³-hybridized carbons (Fsp3) is 0.176. The number of hydrogen-bond donors (Lipinski definition) is 1. The van der Waals surface area contributed by atoms with Crippen molar-refractivity contribution in [2.75, 3.05) is 0 Å². The van der Waals surface area contributed by atoms with E-state index in [1.807, 2.05) is 0 Å². The number of rotatable bonds is 6. The average molecular weight is 393 g/mol. The maximum absolute atomic E-state index is 12.3. The molecule has 0 spiro atoms. The zero-order valence-electron chi connectivity index (χ0n) is 13.8. The first-order valence-corrected chi connectivity index (χ1v) is 8.64. The summed E-state index contributed by atoms with van der Waals surface area (Å²) in [6.07, 6.45) is 5.03. The van der Waals surface area contributed by atoms with Crippen LogP contribution in [0.1, 0.15) is 11.3 Å². The van der Waals surface area contributed by atoms with E-state index in [1.54, 1.807) is 35.4 Å². The molecule has 2 aromatic heterocycles. The Bertz CT molecular complexity index is 897. The molecule has 6 nitrogen and oxygen atoms in total. The lowest BCUT2D eigenvalue weighted by atomic mass is 10.1. The molecule has 3 aromatic rings. The summed E-state index contributed by atoms with van der Waals surface area (Å²) in [5.41, 5.74) is -2.32. The molecule has 3 rings (SSSR count). The summed E-state index contributed by atoms with van der Waals surface area (Å²) in [7, 11) is 0.